The van der Waals surface area contributed by atoms with Gasteiger partial charge in [0.05, 0.1) is 5.25 Å². The molecule has 0 saturated heterocycles. The third kappa shape index (κ3) is 3.59. The topological polar surface area (TPSA) is 72.2 Å². The molecule has 0 aliphatic rings. The van der Waals surface area contributed by atoms with Crippen LogP contribution < -0.4 is 10.5 Å². The van der Waals surface area contributed by atoms with Crippen LogP contribution in [0.2, 0.25) is 0 Å². The summed E-state index contributed by atoms with van der Waals surface area (Å²) in [4.78, 5) is 0. The highest BCUT2D eigenvalue weighted by Crippen LogP contribution is 2.04. The summed E-state index contributed by atoms with van der Waals surface area (Å²) in [6.07, 6.45) is 0.528. The van der Waals surface area contributed by atoms with Crippen LogP contribution in [0.5, 0.6) is 0 Å². The fourth-order valence-electron chi connectivity index (χ4n) is 1.41. The number of nitrogens with one attached hydrogen (secondary N) is 1. The molecule has 1 atom stereocenters. The van der Waals surface area contributed by atoms with E-state index in [4.69, 9.17) is 5.73 Å². The number of benzene rings is 1. The number of sulfonamides is 1. The molecule has 0 spiro atoms. The van der Waals surface area contributed by atoms with Gasteiger partial charge in [-0.15, -0.1) is 0 Å². The molecule has 0 aliphatic heterocycles. The lowest BCUT2D eigenvalue weighted by Gasteiger charge is -2.14. The largest absolute Gasteiger partial charge is 0.329 e. The van der Waals surface area contributed by atoms with E-state index in [2.05, 4.69) is 4.72 Å². The van der Waals surface area contributed by atoms with Crippen LogP contribution in [0.4, 0.5) is 0 Å². The molecule has 0 amide bonds. The van der Waals surface area contributed by atoms with Gasteiger partial charge in [0.1, 0.15) is 0 Å². The lowest BCUT2D eigenvalue weighted by Crippen LogP contribution is -2.38. The quantitative estimate of drug-likeness (QED) is 0.776. The molecule has 1 aromatic carbocycles. The van der Waals surface area contributed by atoms with Crippen molar-refractivity contribution in [3.8, 4) is 0 Å². The van der Waals surface area contributed by atoms with Gasteiger partial charge in [-0.1, -0.05) is 37.3 Å². The molecule has 0 saturated carbocycles. The van der Waals surface area contributed by atoms with E-state index < -0.39 is 15.3 Å². The summed E-state index contributed by atoms with van der Waals surface area (Å²) in [6, 6.07) is 9.41. The van der Waals surface area contributed by atoms with Gasteiger partial charge in [0.25, 0.3) is 0 Å². The van der Waals surface area contributed by atoms with Crippen LogP contribution in [0.25, 0.3) is 0 Å². The second-order valence-corrected chi connectivity index (χ2v) is 5.66. The normalized spacial score (nSPS) is 13.6. The molecule has 4 nitrogen and oxygen atoms in total. The summed E-state index contributed by atoms with van der Waals surface area (Å²) in [7, 11) is -3.30. The average Bonchev–Trinajstić information content (AvgIpc) is 2.29. The SMILES string of the molecule is CCC(CN)S(=O)(=O)NCc1ccccc1. The molecule has 16 heavy (non-hydrogen) atoms. The molecule has 1 aromatic rings. The summed E-state index contributed by atoms with van der Waals surface area (Å²) >= 11 is 0. The van der Waals surface area contributed by atoms with Gasteiger partial charge in [-0.25, -0.2) is 13.1 Å². The number of rotatable bonds is 6. The van der Waals surface area contributed by atoms with Crippen LogP contribution in [0.15, 0.2) is 30.3 Å². The first-order valence-corrected chi connectivity index (χ1v) is 6.87. The lowest BCUT2D eigenvalue weighted by atomic mass is 10.2. The predicted molar refractivity (Wildman–Crippen MR) is 65.3 cm³/mol. The molecule has 0 radical (unpaired) electrons. The number of nitrogens with two attached hydrogens (primary N) is 1. The minimum atomic E-state index is -3.30. The Morgan fingerprint density at radius 2 is 1.94 bits per heavy atom. The lowest BCUT2D eigenvalue weighted by molar-refractivity contribution is 0.561. The molecule has 3 N–H and O–H groups in total. The molecule has 0 fully saturated rings. The fourth-order valence-corrected chi connectivity index (χ4v) is 2.71. The standard InChI is InChI=1S/C11H18N2O2S/c1-2-11(8-12)16(14,15)13-9-10-6-4-3-5-7-10/h3-7,11,13H,2,8-9,12H2,1H3. The molecule has 5 heteroatoms. The van der Waals surface area contributed by atoms with E-state index in [1.165, 1.54) is 0 Å². The van der Waals surface area contributed by atoms with Crippen LogP contribution in [-0.4, -0.2) is 20.2 Å². The van der Waals surface area contributed by atoms with Gasteiger partial charge in [-0.05, 0) is 12.0 Å². The van der Waals surface area contributed by atoms with E-state index in [-0.39, 0.29) is 6.54 Å². The van der Waals surface area contributed by atoms with Crippen molar-refractivity contribution in [2.45, 2.75) is 25.1 Å². The fraction of sp³-hybridized carbons (Fsp3) is 0.455. The highest BCUT2D eigenvalue weighted by atomic mass is 32.2. The Balaban J connectivity index is 2.61. The Kier molecular flexibility index (Phi) is 4.92. The zero-order valence-corrected chi connectivity index (χ0v) is 10.2. The molecule has 1 rings (SSSR count). The van der Waals surface area contributed by atoms with Gasteiger partial charge in [-0.3, -0.25) is 0 Å². The number of hydrogen-bond donors (Lipinski definition) is 2. The van der Waals surface area contributed by atoms with Crippen LogP contribution in [0, 0.1) is 0 Å². The molecular formula is C11H18N2O2S. The van der Waals surface area contributed by atoms with Crippen molar-refractivity contribution in [2.75, 3.05) is 6.54 Å². The minimum absolute atomic E-state index is 0.153. The second-order valence-electron chi connectivity index (χ2n) is 3.62. The highest BCUT2D eigenvalue weighted by Gasteiger charge is 2.21. The first-order valence-electron chi connectivity index (χ1n) is 5.32. The van der Waals surface area contributed by atoms with Crippen molar-refractivity contribution in [3.63, 3.8) is 0 Å². The van der Waals surface area contributed by atoms with Crippen molar-refractivity contribution in [2.24, 2.45) is 5.73 Å². The van der Waals surface area contributed by atoms with E-state index in [1.807, 2.05) is 37.3 Å². The van der Waals surface area contributed by atoms with E-state index in [0.717, 1.165) is 5.56 Å². The molecular weight excluding hydrogens is 224 g/mol. The predicted octanol–water partition coefficient (Wildman–Crippen LogP) is 0.843. The molecule has 1 unspecified atom stereocenters. The smallest absolute Gasteiger partial charge is 0.216 e. The molecule has 0 aromatic heterocycles. The third-order valence-corrected chi connectivity index (χ3v) is 4.43. The van der Waals surface area contributed by atoms with Gasteiger partial charge in [0.2, 0.25) is 10.0 Å². The van der Waals surface area contributed by atoms with Gasteiger partial charge in [0, 0.05) is 13.1 Å². The summed E-state index contributed by atoms with van der Waals surface area (Å²) in [5.74, 6) is 0. The highest BCUT2D eigenvalue weighted by molar-refractivity contribution is 7.90. The summed E-state index contributed by atoms with van der Waals surface area (Å²) in [5, 5.41) is -0.504. The molecule has 0 heterocycles. The summed E-state index contributed by atoms with van der Waals surface area (Å²) in [6.45, 7) is 2.29. The second kappa shape index (κ2) is 5.98. The zero-order valence-electron chi connectivity index (χ0n) is 9.39. The van der Waals surface area contributed by atoms with Gasteiger partial charge in [-0.2, -0.15) is 0 Å². The average molecular weight is 242 g/mol. The monoisotopic (exact) mass is 242 g/mol. The molecule has 0 bridgehead atoms. The van der Waals surface area contributed by atoms with Crippen molar-refractivity contribution >= 4 is 10.0 Å². The Hall–Kier alpha value is -0.910. The van der Waals surface area contributed by atoms with Crippen molar-refractivity contribution < 1.29 is 8.42 Å². The first-order chi connectivity index (χ1) is 7.60. The third-order valence-electron chi connectivity index (χ3n) is 2.48. The van der Waals surface area contributed by atoms with Crippen molar-refractivity contribution in [1.29, 1.82) is 0 Å². The molecule has 90 valence electrons. The Morgan fingerprint density at radius 3 is 2.44 bits per heavy atom. The van der Waals surface area contributed by atoms with Gasteiger partial charge < -0.3 is 5.73 Å². The van der Waals surface area contributed by atoms with Crippen molar-refractivity contribution in [3.05, 3.63) is 35.9 Å². The molecule has 0 aliphatic carbocycles. The van der Waals surface area contributed by atoms with Crippen LogP contribution in [-0.2, 0) is 16.6 Å². The zero-order chi connectivity index (χ0) is 12.0. The van der Waals surface area contributed by atoms with Crippen LogP contribution >= 0.6 is 0 Å². The van der Waals surface area contributed by atoms with E-state index in [9.17, 15) is 8.42 Å². The Labute approximate surface area is 96.9 Å². The van der Waals surface area contributed by atoms with Gasteiger partial charge in [0.15, 0.2) is 0 Å². The maximum Gasteiger partial charge on any atom is 0.216 e. The number of hydrogen-bond acceptors (Lipinski definition) is 3. The maximum atomic E-state index is 11.8. The first kappa shape index (κ1) is 13.2. The summed E-state index contributed by atoms with van der Waals surface area (Å²) in [5.41, 5.74) is 6.36. The maximum absolute atomic E-state index is 11.8. The summed E-state index contributed by atoms with van der Waals surface area (Å²) < 4.78 is 26.1. The Bertz CT molecular complexity index is 399. The van der Waals surface area contributed by atoms with E-state index in [1.54, 1.807) is 0 Å². The van der Waals surface area contributed by atoms with Crippen LogP contribution in [0.1, 0.15) is 18.9 Å². The minimum Gasteiger partial charge on any atom is -0.329 e. The van der Waals surface area contributed by atoms with Gasteiger partial charge >= 0.3 is 0 Å². The van der Waals surface area contributed by atoms with E-state index in [0.29, 0.717) is 13.0 Å². The Morgan fingerprint density at radius 1 is 1.31 bits per heavy atom. The van der Waals surface area contributed by atoms with E-state index >= 15 is 0 Å². The van der Waals surface area contributed by atoms with Crippen molar-refractivity contribution in [1.82, 2.24) is 4.72 Å². The van der Waals surface area contributed by atoms with Crippen LogP contribution in [0.3, 0.4) is 0 Å².